The average molecular weight is 439 g/mol. The molecule has 1 aliphatic heterocycles. The summed E-state index contributed by atoms with van der Waals surface area (Å²) in [5, 5.41) is 6.99. The Morgan fingerprint density at radius 2 is 1.90 bits per heavy atom. The third-order valence-electron chi connectivity index (χ3n) is 5.05. The molecule has 164 valence electrons. The zero-order chi connectivity index (χ0) is 22.2. The molecule has 0 unspecified atom stereocenters. The number of piperidine rings is 1. The van der Waals surface area contributed by atoms with Crippen LogP contribution < -0.4 is 15.5 Å². The Hall–Kier alpha value is -3.00. The molecule has 0 aromatic carbocycles. The molecule has 1 amide bonds. The third-order valence-corrected chi connectivity index (χ3v) is 6.13. The minimum Gasteiger partial charge on any atom is -0.359 e. The molecule has 0 radical (unpaired) electrons. The summed E-state index contributed by atoms with van der Waals surface area (Å²) in [5.74, 6) is 1.78. The van der Waals surface area contributed by atoms with Crippen molar-refractivity contribution in [3.8, 4) is 10.6 Å². The standard InChI is InChI=1S/C21H24N6OS.C2H6/c1-14-6-9-23-19(12-14)26-18-5-3-4-16(25-18)17-13-24-21(29-17)27-10-7-15(8-11-27)20(28)22-2;1-2/h3-6,9,12-13,15H,7-8,10-11H2,1-2H3,(H,22,28)(H,23,25,26);1-2H3. The van der Waals surface area contributed by atoms with Gasteiger partial charge in [-0.25, -0.2) is 15.0 Å². The number of hydrogen-bond donors (Lipinski definition) is 2. The fraction of sp³-hybridized carbons (Fsp3) is 0.391. The van der Waals surface area contributed by atoms with E-state index in [2.05, 4.69) is 25.5 Å². The fourth-order valence-corrected chi connectivity index (χ4v) is 4.38. The van der Waals surface area contributed by atoms with Gasteiger partial charge in [-0.15, -0.1) is 0 Å². The van der Waals surface area contributed by atoms with E-state index in [4.69, 9.17) is 4.98 Å². The molecule has 31 heavy (non-hydrogen) atoms. The minimum absolute atomic E-state index is 0.107. The van der Waals surface area contributed by atoms with Crippen LogP contribution in [-0.4, -0.2) is 41.0 Å². The number of thiazole rings is 1. The van der Waals surface area contributed by atoms with Crippen LogP contribution in [0.4, 0.5) is 16.8 Å². The summed E-state index contributed by atoms with van der Waals surface area (Å²) in [5.41, 5.74) is 2.03. The van der Waals surface area contributed by atoms with Crippen LogP contribution in [0.5, 0.6) is 0 Å². The number of rotatable bonds is 5. The second kappa shape index (κ2) is 10.9. The van der Waals surface area contributed by atoms with Gasteiger partial charge >= 0.3 is 0 Å². The summed E-state index contributed by atoms with van der Waals surface area (Å²) in [4.78, 5) is 28.8. The van der Waals surface area contributed by atoms with Crippen molar-refractivity contribution in [2.24, 2.45) is 5.92 Å². The van der Waals surface area contributed by atoms with Crippen molar-refractivity contribution in [3.05, 3.63) is 48.3 Å². The van der Waals surface area contributed by atoms with Crippen molar-refractivity contribution >= 4 is 34.0 Å². The number of nitrogens with zero attached hydrogens (tertiary/aromatic N) is 4. The molecule has 7 nitrogen and oxygen atoms in total. The van der Waals surface area contributed by atoms with E-state index in [1.165, 1.54) is 0 Å². The molecule has 3 aromatic heterocycles. The monoisotopic (exact) mass is 438 g/mol. The van der Waals surface area contributed by atoms with Gasteiger partial charge in [-0.05, 0) is 49.6 Å². The Morgan fingerprint density at radius 1 is 1.13 bits per heavy atom. The van der Waals surface area contributed by atoms with Crippen LogP contribution in [0.15, 0.2) is 42.7 Å². The maximum absolute atomic E-state index is 11.8. The summed E-state index contributed by atoms with van der Waals surface area (Å²) in [6.07, 6.45) is 5.37. The molecule has 0 saturated carbocycles. The number of amides is 1. The topological polar surface area (TPSA) is 83.0 Å². The first-order valence-corrected chi connectivity index (χ1v) is 11.5. The van der Waals surface area contributed by atoms with Crippen LogP contribution in [0.3, 0.4) is 0 Å². The highest BCUT2D eigenvalue weighted by Crippen LogP contribution is 2.33. The van der Waals surface area contributed by atoms with Gasteiger partial charge in [0.25, 0.3) is 0 Å². The normalized spacial score (nSPS) is 13.9. The van der Waals surface area contributed by atoms with Crippen molar-refractivity contribution in [2.45, 2.75) is 33.6 Å². The predicted octanol–water partition coefficient (Wildman–Crippen LogP) is 4.64. The lowest BCUT2D eigenvalue weighted by molar-refractivity contribution is -0.125. The minimum atomic E-state index is 0.107. The predicted molar refractivity (Wildman–Crippen MR) is 128 cm³/mol. The Kier molecular flexibility index (Phi) is 7.94. The molecule has 0 bridgehead atoms. The first-order chi connectivity index (χ1) is 15.1. The van der Waals surface area contributed by atoms with Crippen molar-refractivity contribution in [3.63, 3.8) is 0 Å². The molecule has 4 rings (SSSR count). The van der Waals surface area contributed by atoms with Crippen LogP contribution in [0.25, 0.3) is 10.6 Å². The Balaban J connectivity index is 0.00000132. The van der Waals surface area contributed by atoms with E-state index in [1.807, 2.05) is 57.3 Å². The van der Waals surface area contributed by atoms with Crippen molar-refractivity contribution in [1.29, 1.82) is 0 Å². The molecule has 0 atom stereocenters. The molecular formula is C23H30N6OS. The summed E-state index contributed by atoms with van der Waals surface area (Å²) in [6, 6.07) is 9.85. The second-order valence-corrected chi connectivity index (χ2v) is 8.14. The summed E-state index contributed by atoms with van der Waals surface area (Å²) >= 11 is 1.63. The van der Waals surface area contributed by atoms with E-state index in [0.717, 1.165) is 58.8 Å². The Labute approximate surface area is 188 Å². The van der Waals surface area contributed by atoms with E-state index >= 15 is 0 Å². The van der Waals surface area contributed by atoms with Crippen LogP contribution in [0.1, 0.15) is 32.3 Å². The van der Waals surface area contributed by atoms with E-state index in [9.17, 15) is 4.79 Å². The quantitative estimate of drug-likeness (QED) is 0.604. The molecule has 8 heteroatoms. The Morgan fingerprint density at radius 3 is 2.61 bits per heavy atom. The van der Waals surface area contributed by atoms with Gasteiger partial charge < -0.3 is 15.5 Å². The van der Waals surface area contributed by atoms with Gasteiger partial charge in [-0.1, -0.05) is 31.3 Å². The highest BCUT2D eigenvalue weighted by atomic mass is 32.1. The number of aryl methyl sites for hydroxylation is 1. The number of carbonyl (C=O) groups is 1. The van der Waals surface area contributed by atoms with Crippen LogP contribution in [0.2, 0.25) is 0 Å². The molecule has 1 saturated heterocycles. The molecule has 1 aliphatic rings. The lowest BCUT2D eigenvalue weighted by atomic mass is 9.96. The average Bonchev–Trinajstić information content (AvgIpc) is 3.31. The van der Waals surface area contributed by atoms with E-state index < -0.39 is 0 Å². The highest BCUT2D eigenvalue weighted by Gasteiger charge is 2.25. The second-order valence-electron chi connectivity index (χ2n) is 7.13. The molecule has 0 aliphatic carbocycles. The van der Waals surface area contributed by atoms with Crippen LogP contribution in [-0.2, 0) is 4.79 Å². The first-order valence-electron chi connectivity index (χ1n) is 10.7. The fourth-order valence-electron chi connectivity index (χ4n) is 3.44. The number of carbonyl (C=O) groups excluding carboxylic acids is 1. The number of anilines is 3. The maximum Gasteiger partial charge on any atom is 0.222 e. The van der Waals surface area contributed by atoms with E-state index in [1.54, 1.807) is 24.6 Å². The summed E-state index contributed by atoms with van der Waals surface area (Å²) in [6.45, 7) is 7.73. The zero-order valence-corrected chi connectivity index (χ0v) is 19.4. The van der Waals surface area contributed by atoms with Gasteiger partial charge in [0.2, 0.25) is 5.91 Å². The lowest BCUT2D eigenvalue weighted by Gasteiger charge is -2.30. The van der Waals surface area contributed by atoms with Gasteiger partial charge in [0.1, 0.15) is 11.6 Å². The van der Waals surface area contributed by atoms with Crippen LogP contribution in [0, 0.1) is 12.8 Å². The lowest BCUT2D eigenvalue weighted by Crippen LogP contribution is -2.39. The molecule has 3 aromatic rings. The largest absolute Gasteiger partial charge is 0.359 e. The third kappa shape index (κ3) is 5.79. The van der Waals surface area contributed by atoms with Crippen molar-refractivity contribution < 1.29 is 4.79 Å². The van der Waals surface area contributed by atoms with E-state index in [-0.39, 0.29) is 11.8 Å². The van der Waals surface area contributed by atoms with Gasteiger partial charge in [0, 0.05) is 38.4 Å². The van der Waals surface area contributed by atoms with Gasteiger partial charge in [-0.2, -0.15) is 0 Å². The van der Waals surface area contributed by atoms with Gasteiger partial charge in [0.05, 0.1) is 10.6 Å². The summed E-state index contributed by atoms with van der Waals surface area (Å²) < 4.78 is 0. The SMILES string of the molecule is CC.CNC(=O)C1CCN(c2ncc(-c3cccc(Nc4cc(C)ccn4)n3)s2)CC1. The van der Waals surface area contributed by atoms with Crippen LogP contribution >= 0.6 is 11.3 Å². The number of nitrogens with one attached hydrogen (secondary N) is 2. The zero-order valence-electron chi connectivity index (χ0n) is 18.6. The molecule has 0 spiro atoms. The molecule has 4 heterocycles. The number of pyridine rings is 2. The first kappa shape index (κ1) is 22.7. The molecule has 2 N–H and O–H groups in total. The van der Waals surface area contributed by atoms with Gasteiger partial charge in [0.15, 0.2) is 5.13 Å². The molecular weight excluding hydrogens is 408 g/mol. The smallest absolute Gasteiger partial charge is 0.222 e. The van der Waals surface area contributed by atoms with E-state index in [0.29, 0.717) is 0 Å². The Bertz CT molecular complexity index is 997. The summed E-state index contributed by atoms with van der Waals surface area (Å²) in [7, 11) is 1.70. The van der Waals surface area contributed by atoms with Crippen molar-refractivity contribution in [2.75, 3.05) is 30.4 Å². The van der Waals surface area contributed by atoms with Crippen molar-refractivity contribution in [1.82, 2.24) is 20.3 Å². The molecule has 1 fully saturated rings. The highest BCUT2D eigenvalue weighted by molar-refractivity contribution is 7.18. The number of aromatic nitrogens is 3. The maximum atomic E-state index is 11.8. The number of hydrogen-bond acceptors (Lipinski definition) is 7. The van der Waals surface area contributed by atoms with Gasteiger partial charge in [-0.3, -0.25) is 4.79 Å².